The number of anilines is 1. The fourth-order valence-electron chi connectivity index (χ4n) is 1.66. The molecule has 94 valence electrons. The van der Waals surface area contributed by atoms with Gasteiger partial charge in [-0.25, -0.2) is 4.98 Å². The van der Waals surface area contributed by atoms with E-state index in [1.807, 2.05) is 20.8 Å². The van der Waals surface area contributed by atoms with Crippen molar-refractivity contribution in [2.75, 3.05) is 18.9 Å². The van der Waals surface area contributed by atoms with Crippen LogP contribution in [0, 0.1) is 6.92 Å². The minimum Gasteiger partial charge on any atom is -0.475 e. The first kappa shape index (κ1) is 12.1. The Bertz CT molecular complexity index is 389. The van der Waals surface area contributed by atoms with Crippen molar-refractivity contribution in [2.45, 2.75) is 32.7 Å². The molecule has 17 heavy (non-hydrogen) atoms. The molecule has 1 aliphatic rings. The van der Waals surface area contributed by atoms with E-state index in [1.54, 1.807) is 6.07 Å². The molecule has 0 spiro atoms. The van der Waals surface area contributed by atoms with Crippen molar-refractivity contribution in [1.82, 2.24) is 9.97 Å². The Balaban J connectivity index is 1.90. The van der Waals surface area contributed by atoms with Crippen LogP contribution in [0.25, 0.3) is 0 Å². The van der Waals surface area contributed by atoms with Crippen LogP contribution in [0.2, 0.25) is 0 Å². The minimum absolute atomic E-state index is 0.0819. The molecule has 0 radical (unpaired) electrons. The molecule has 6 heteroatoms. The van der Waals surface area contributed by atoms with Crippen molar-refractivity contribution in [3.63, 3.8) is 0 Å². The fourth-order valence-corrected chi connectivity index (χ4v) is 1.66. The second-order valence-corrected chi connectivity index (χ2v) is 4.47. The maximum atomic E-state index is 5.61. The molecule has 0 aliphatic carbocycles. The van der Waals surface area contributed by atoms with E-state index in [0.717, 1.165) is 5.69 Å². The molecule has 6 nitrogen and oxygen atoms in total. The van der Waals surface area contributed by atoms with Crippen LogP contribution >= 0.6 is 0 Å². The van der Waals surface area contributed by atoms with Gasteiger partial charge in [0.1, 0.15) is 12.7 Å². The summed E-state index contributed by atoms with van der Waals surface area (Å²) in [5.41, 5.74) is 6.30. The van der Waals surface area contributed by atoms with Gasteiger partial charge in [-0.05, 0) is 20.8 Å². The third-order valence-electron chi connectivity index (χ3n) is 2.33. The first-order valence-electron chi connectivity index (χ1n) is 5.50. The monoisotopic (exact) mass is 239 g/mol. The maximum Gasteiger partial charge on any atom is 0.223 e. The zero-order chi connectivity index (χ0) is 12.5. The lowest BCUT2D eigenvalue weighted by atomic mass is 10.4. The van der Waals surface area contributed by atoms with Gasteiger partial charge in [-0.15, -0.1) is 0 Å². The lowest BCUT2D eigenvalue weighted by molar-refractivity contribution is -0.141. The third kappa shape index (κ3) is 3.28. The highest BCUT2D eigenvalue weighted by Gasteiger charge is 2.33. The van der Waals surface area contributed by atoms with Crippen molar-refractivity contribution >= 4 is 5.95 Å². The largest absolute Gasteiger partial charge is 0.475 e. The fraction of sp³-hybridized carbons (Fsp3) is 0.636. The van der Waals surface area contributed by atoms with E-state index in [2.05, 4.69) is 9.97 Å². The topological polar surface area (TPSA) is 79.5 Å². The molecular weight excluding hydrogens is 222 g/mol. The van der Waals surface area contributed by atoms with Gasteiger partial charge in [0.25, 0.3) is 0 Å². The van der Waals surface area contributed by atoms with Gasteiger partial charge in [0.15, 0.2) is 5.79 Å². The van der Waals surface area contributed by atoms with Crippen LogP contribution in [0.3, 0.4) is 0 Å². The Morgan fingerprint density at radius 3 is 2.88 bits per heavy atom. The molecule has 1 saturated heterocycles. The molecular formula is C11H17N3O3. The van der Waals surface area contributed by atoms with Crippen molar-refractivity contribution in [3.8, 4) is 5.88 Å². The van der Waals surface area contributed by atoms with Gasteiger partial charge in [-0.1, -0.05) is 0 Å². The highest BCUT2D eigenvalue weighted by Crippen LogP contribution is 2.22. The highest BCUT2D eigenvalue weighted by molar-refractivity contribution is 5.25. The second kappa shape index (κ2) is 4.46. The van der Waals surface area contributed by atoms with Gasteiger partial charge in [-0.2, -0.15) is 4.98 Å². The van der Waals surface area contributed by atoms with E-state index in [9.17, 15) is 0 Å². The Morgan fingerprint density at radius 1 is 1.53 bits per heavy atom. The first-order chi connectivity index (χ1) is 7.94. The maximum absolute atomic E-state index is 5.61. The summed E-state index contributed by atoms with van der Waals surface area (Å²) in [6.45, 7) is 6.49. The molecule has 2 heterocycles. The van der Waals surface area contributed by atoms with Crippen LogP contribution in [-0.4, -0.2) is 35.1 Å². The number of rotatable bonds is 3. The third-order valence-corrected chi connectivity index (χ3v) is 2.33. The second-order valence-electron chi connectivity index (χ2n) is 4.47. The Labute approximate surface area is 100 Å². The summed E-state index contributed by atoms with van der Waals surface area (Å²) in [5.74, 6) is 0.140. The summed E-state index contributed by atoms with van der Waals surface area (Å²) < 4.78 is 16.5. The van der Waals surface area contributed by atoms with E-state index in [4.69, 9.17) is 19.9 Å². The van der Waals surface area contributed by atoms with Crippen LogP contribution in [0.5, 0.6) is 5.88 Å². The van der Waals surface area contributed by atoms with Crippen molar-refractivity contribution in [3.05, 3.63) is 11.8 Å². The molecule has 1 aromatic rings. The lowest BCUT2D eigenvalue weighted by Crippen LogP contribution is -2.25. The van der Waals surface area contributed by atoms with E-state index in [0.29, 0.717) is 19.1 Å². The van der Waals surface area contributed by atoms with E-state index in [1.165, 1.54) is 0 Å². The number of ether oxygens (including phenoxy) is 3. The van der Waals surface area contributed by atoms with Crippen molar-refractivity contribution < 1.29 is 14.2 Å². The van der Waals surface area contributed by atoms with Gasteiger partial charge < -0.3 is 19.9 Å². The molecule has 0 amide bonds. The van der Waals surface area contributed by atoms with Crippen molar-refractivity contribution in [2.24, 2.45) is 0 Å². The van der Waals surface area contributed by atoms with Gasteiger partial charge >= 0.3 is 0 Å². The summed E-state index contributed by atoms with van der Waals surface area (Å²) in [6.07, 6.45) is -0.0819. The van der Waals surface area contributed by atoms with Gasteiger partial charge in [0.05, 0.1) is 6.61 Å². The lowest BCUT2D eigenvalue weighted by Gasteiger charge is -2.17. The number of aromatic nitrogens is 2. The summed E-state index contributed by atoms with van der Waals surface area (Å²) >= 11 is 0. The Hall–Kier alpha value is -1.40. The molecule has 2 N–H and O–H groups in total. The summed E-state index contributed by atoms with van der Waals surface area (Å²) in [6, 6.07) is 1.73. The summed E-state index contributed by atoms with van der Waals surface area (Å²) in [5, 5.41) is 0. The van der Waals surface area contributed by atoms with Gasteiger partial charge in [-0.3, -0.25) is 0 Å². The van der Waals surface area contributed by atoms with E-state index < -0.39 is 5.79 Å². The average Bonchev–Trinajstić information content (AvgIpc) is 2.54. The number of aryl methyl sites for hydroxylation is 1. The molecule has 1 atom stereocenters. The molecule has 0 unspecified atom stereocenters. The van der Waals surface area contributed by atoms with Crippen molar-refractivity contribution in [1.29, 1.82) is 0 Å². The van der Waals surface area contributed by atoms with Crippen LogP contribution in [0.1, 0.15) is 19.5 Å². The van der Waals surface area contributed by atoms with Crippen LogP contribution < -0.4 is 10.5 Å². The molecule has 2 rings (SSSR count). The quantitative estimate of drug-likeness (QED) is 0.844. The van der Waals surface area contributed by atoms with Gasteiger partial charge in [0, 0.05) is 11.8 Å². The highest BCUT2D eigenvalue weighted by atomic mass is 16.7. The Kier molecular flexibility index (Phi) is 3.17. The van der Waals surface area contributed by atoms with E-state index in [-0.39, 0.29) is 12.1 Å². The number of hydrogen-bond acceptors (Lipinski definition) is 6. The molecule has 0 bridgehead atoms. The minimum atomic E-state index is -0.533. The standard InChI is InChI=1S/C11H17N3O3/c1-7-4-9(14-10(12)13-7)15-5-8-6-16-11(2,3)17-8/h4,8H,5-6H2,1-3H3,(H2,12,13,14)/t8-/m1/s1. The number of nitrogens with zero attached hydrogens (tertiary/aromatic N) is 2. The summed E-state index contributed by atoms with van der Waals surface area (Å²) in [4.78, 5) is 7.95. The van der Waals surface area contributed by atoms with Crippen LogP contribution in [0.15, 0.2) is 6.07 Å². The van der Waals surface area contributed by atoms with Gasteiger partial charge in [0.2, 0.25) is 11.8 Å². The molecule has 0 saturated carbocycles. The number of nitrogens with two attached hydrogens (primary N) is 1. The average molecular weight is 239 g/mol. The molecule has 1 aliphatic heterocycles. The molecule has 0 aromatic carbocycles. The predicted molar refractivity (Wildman–Crippen MR) is 61.6 cm³/mol. The smallest absolute Gasteiger partial charge is 0.223 e. The zero-order valence-electron chi connectivity index (χ0n) is 10.3. The predicted octanol–water partition coefficient (Wildman–Crippen LogP) is 0.898. The Morgan fingerprint density at radius 2 is 2.29 bits per heavy atom. The van der Waals surface area contributed by atoms with Crippen LogP contribution in [-0.2, 0) is 9.47 Å². The molecule has 1 fully saturated rings. The number of nitrogen functional groups attached to an aromatic ring is 1. The molecule has 1 aromatic heterocycles. The number of hydrogen-bond donors (Lipinski definition) is 1. The summed E-state index contributed by atoms with van der Waals surface area (Å²) in [7, 11) is 0. The SMILES string of the molecule is Cc1cc(OC[C@@H]2COC(C)(C)O2)nc(N)n1. The normalized spacial score (nSPS) is 22.6. The van der Waals surface area contributed by atoms with E-state index >= 15 is 0 Å². The first-order valence-corrected chi connectivity index (χ1v) is 5.50. The van der Waals surface area contributed by atoms with Crippen LogP contribution in [0.4, 0.5) is 5.95 Å². The zero-order valence-corrected chi connectivity index (χ0v) is 10.3.